The maximum atomic E-state index is 5.81. The van der Waals surface area contributed by atoms with Crippen LogP contribution in [-0.4, -0.2) is 12.6 Å². The van der Waals surface area contributed by atoms with Gasteiger partial charge < -0.3 is 15.8 Å². The Balaban J connectivity index is 2.76. The molecule has 0 fully saturated rings. The largest absolute Gasteiger partial charge is 0.489 e. The molecule has 0 atom stereocenters. The molecular formula is C12H17BrN2O. The molecule has 1 aromatic rings. The molecule has 0 aliphatic carbocycles. The van der Waals surface area contributed by atoms with Crippen molar-refractivity contribution in [1.29, 1.82) is 0 Å². The first-order chi connectivity index (χ1) is 7.49. The van der Waals surface area contributed by atoms with Crippen LogP contribution >= 0.6 is 15.9 Å². The maximum absolute atomic E-state index is 5.81. The van der Waals surface area contributed by atoms with E-state index in [1.165, 1.54) is 0 Å². The summed E-state index contributed by atoms with van der Waals surface area (Å²) in [6.07, 6.45) is 0.115. The summed E-state index contributed by atoms with van der Waals surface area (Å²) in [4.78, 5) is 0. The lowest BCUT2D eigenvalue weighted by Gasteiger charge is -2.14. The molecule has 1 rings (SSSR count). The molecule has 3 nitrogen and oxygen atoms in total. The van der Waals surface area contributed by atoms with Crippen LogP contribution in [0.25, 0.3) is 0 Å². The van der Waals surface area contributed by atoms with Gasteiger partial charge in [-0.25, -0.2) is 0 Å². The van der Waals surface area contributed by atoms with Gasteiger partial charge in [0.05, 0.1) is 11.8 Å². The standard InChI is InChI=1S/C12H17BrN2O/c1-8(2)16-12-6-10(4-5-11(12)14)15-7-9(3)13/h4-6,8,15H,3,7,14H2,1-2H3. The van der Waals surface area contributed by atoms with Crippen molar-refractivity contribution in [1.82, 2.24) is 0 Å². The number of benzene rings is 1. The number of nitrogens with two attached hydrogens (primary N) is 1. The lowest BCUT2D eigenvalue weighted by atomic mass is 10.2. The van der Waals surface area contributed by atoms with Crippen LogP contribution in [0.3, 0.4) is 0 Å². The van der Waals surface area contributed by atoms with Crippen molar-refractivity contribution in [2.45, 2.75) is 20.0 Å². The first-order valence-corrected chi connectivity index (χ1v) is 5.91. The molecule has 0 heterocycles. The van der Waals surface area contributed by atoms with Crippen molar-refractivity contribution in [3.8, 4) is 5.75 Å². The summed E-state index contributed by atoms with van der Waals surface area (Å²) in [7, 11) is 0. The van der Waals surface area contributed by atoms with E-state index in [9.17, 15) is 0 Å². The topological polar surface area (TPSA) is 47.3 Å². The Morgan fingerprint density at radius 2 is 2.25 bits per heavy atom. The zero-order chi connectivity index (χ0) is 12.1. The average Bonchev–Trinajstić information content (AvgIpc) is 2.18. The second-order valence-electron chi connectivity index (χ2n) is 3.79. The Labute approximate surface area is 105 Å². The average molecular weight is 285 g/mol. The molecule has 1 aromatic carbocycles. The third kappa shape index (κ3) is 4.14. The van der Waals surface area contributed by atoms with Crippen LogP contribution in [0.5, 0.6) is 5.75 Å². The molecular weight excluding hydrogens is 268 g/mol. The van der Waals surface area contributed by atoms with E-state index in [-0.39, 0.29) is 6.10 Å². The fourth-order valence-corrected chi connectivity index (χ4v) is 1.34. The molecule has 16 heavy (non-hydrogen) atoms. The minimum Gasteiger partial charge on any atom is -0.489 e. The van der Waals surface area contributed by atoms with Gasteiger partial charge >= 0.3 is 0 Å². The Kier molecular flexibility index (Phi) is 4.68. The monoisotopic (exact) mass is 284 g/mol. The van der Waals surface area contributed by atoms with E-state index in [2.05, 4.69) is 27.8 Å². The van der Waals surface area contributed by atoms with Gasteiger partial charge in [0.1, 0.15) is 5.75 Å². The SMILES string of the molecule is C=C(Br)CNc1ccc(N)c(OC(C)C)c1. The second-order valence-corrected chi connectivity index (χ2v) is 4.91. The summed E-state index contributed by atoms with van der Waals surface area (Å²) in [5.74, 6) is 0.709. The molecule has 0 amide bonds. The quantitative estimate of drug-likeness (QED) is 0.815. The molecule has 0 spiro atoms. The van der Waals surface area contributed by atoms with Crippen molar-refractivity contribution in [2.75, 3.05) is 17.6 Å². The normalized spacial score (nSPS) is 10.2. The number of nitrogen functional groups attached to an aromatic ring is 1. The summed E-state index contributed by atoms with van der Waals surface area (Å²) >= 11 is 3.29. The molecule has 0 aliphatic rings. The van der Waals surface area contributed by atoms with Crippen LogP contribution in [0.15, 0.2) is 29.3 Å². The fraction of sp³-hybridized carbons (Fsp3) is 0.333. The lowest BCUT2D eigenvalue weighted by molar-refractivity contribution is 0.244. The lowest BCUT2D eigenvalue weighted by Crippen LogP contribution is -2.08. The zero-order valence-corrected chi connectivity index (χ0v) is 11.2. The highest BCUT2D eigenvalue weighted by atomic mass is 79.9. The molecule has 88 valence electrons. The molecule has 0 unspecified atom stereocenters. The Hall–Kier alpha value is -1.16. The highest BCUT2D eigenvalue weighted by Crippen LogP contribution is 2.26. The van der Waals surface area contributed by atoms with Gasteiger partial charge in [0.25, 0.3) is 0 Å². The Bertz CT molecular complexity index is 377. The van der Waals surface area contributed by atoms with Gasteiger partial charge in [-0.3, -0.25) is 0 Å². The molecule has 0 bridgehead atoms. The van der Waals surface area contributed by atoms with Crippen molar-refractivity contribution in [2.24, 2.45) is 0 Å². The van der Waals surface area contributed by atoms with Gasteiger partial charge in [0.2, 0.25) is 0 Å². The minimum atomic E-state index is 0.115. The molecule has 0 saturated heterocycles. The predicted molar refractivity (Wildman–Crippen MR) is 73.2 cm³/mol. The van der Waals surface area contributed by atoms with Crippen LogP contribution in [0.4, 0.5) is 11.4 Å². The van der Waals surface area contributed by atoms with Gasteiger partial charge in [0.15, 0.2) is 0 Å². The van der Waals surface area contributed by atoms with E-state index in [0.29, 0.717) is 18.0 Å². The summed E-state index contributed by atoms with van der Waals surface area (Å²) in [5, 5.41) is 3.20. The number of halogens is 1. The van der Waals surface area contributed by atoms with Gasteiger partial charge in [-0.05, 0) is 26.0 Å². The first kappa shape index (κ1) is 12.9. The molecule has 0 radical (unpaired) electrons. The third-order valence-corrected chi connectivity index (χ3v) is 2.14. The van der Waals surface area contributed by atoms with Crippen LogP contribution in [-0.2, 0) is 0 Å². The van der Waals surface area contributed by atoms with Crippen molar-refractivity contribution in [3.63, 3.8) is 0 Å². The van der Waals surface area contributed by atoms with Crippen LogP contribution < -0.4 is 15.8 Å². The molecule has 3 N–H and O–H groups in total. The van der Waals surface area contributed by atoms with E-state index >= 15 is 0 Å². The fourth-order valence-electron chi connectivity index (χ4n) is 1.20. The molecule has 0 saturated carbocycles. The smallest absolute Gasteiger partial charge is 0.144 e. The van der Waals surface area contributed by atoms with Crippen molar-refractivity contribution in [3.05, 3.63) is 29.3 Å². The number of anilines is 2. The van der Waals surface area contributed by atoms with Crippen LogP contribution in [0.2, 0.25) is 0 Å². The number of hydrogen-bond acceptors (Lipinski definition) is 3. The number of hydrogen-bond donors (Lipinski definition) is 2. The number of ether oxygens (including phenoxy) is 1. The minimum absolute atomic E-state index is 0.115. The van der Waals surface area contributed by atoms with Gasteiger partial charge in [0, 0.05) is 22.8 Å². The maximum Gasteiger partial charge on any atom is 0.144 e. The molecule has 0 aromatic heterocycles. The highest BCUT2D eigenvalue weighted by Gasteiger charge is 2.04. The first-order valence-electron chi connectivity index (χ1n) is 5.12. The second kappa shape index (κ2) is 5.80. The van der Waals surface area contributed by atoms with E-state index in [4.69, 9.17) is 10.5 Å². The van der Waals surface area contributed by atoms with E-state index in [0.717, 1.165) is 10.2 Å². The predicted octanol–water partition coefficient (Wildman–Crippen LogP) is 3.38. The molecule has 0 aliphatic heterocycles. The number of rotatable bonds is 5. The highest BCUT2D eigenvalue weighted by molar-refractivity contribution is 9.11. The summed E-state index contributed by atoms with van der Waals surface area (Å²) in [5.41, 5.74) is 7.43. The van der Waals surface area contributed by atoms with Crippen LogP contribution in [0.1, 0.15) is 13.8 Å². The van der Waals surface area contributed by atoms with Gasteiger partial charge in [-0.2, -0.15) is 0 Å². The van der Waals surface area contributed by atoms with Crippen molar-refractivity contribution < 1.29 is 4.74 Å². The number of nitrogens with one attached hydrogen (secondary N) is 1. The van der Waals surface area contributed by atoms with Crippen LogP contribution in [0, 0.1) is 0 Å². The summed E-state index contributed by atoms with van der Waals surface area (Å²) < 4.78 is 6.49. The van der Waals surface area contributed by atoms with Crippen molar-refractivity contribution >= 4 is 27.3 Å². The third-order valence-electron chi connectivity index (χ3n) is 1.86. The summed E-state index contributed by atoms with van der Waals surface area (Å²) in [6, 6.07) is 5.64. The van der Waals surface area contributed by atoms with E-state index in [1.54, 1.807) is 0 Å². The van der Waals surface area contributed by atoms with E-state index in [1.807, 2.05) is 32.0 Å². The molecule has 4 heteroatoms. The van der Waals surface area contributed by atoms with Gasteiger partial charge in [-0.1, -0.05) is 22.5 Å². The van der Waals surface area contributed by atoms with E-state index < -0.39 is 0 Å². The zero-order valence-electron chi connectivity index (χ0n) is 9.59. The summed E-state index contributed by atoms with van der Waals surface area (Å²) in [6.45, 7) is 8.37. The Morgan fingerprint density at radius 1 is 1.56 bits per heavy atom. The van der Waals surface area contributed by atoms with Gasteiger partial charge in [-0.15, -0.1) is 0 Å². The Morgan fingerprint density at radius 3 is 2.81 bits per heavy atom.